The summed E-state index contributed by atoms with van der Waals surface area (Å²) in [6.07, 6.45) is 0.460. The SMILES string of the molecule is O=C(NCc1cc(-c2ccc(C(F)(F)F)cc2)nc(N2CCN(Cc3ccccn3)CC2)c1)[C@@H]1C=CCN1S(=O)(=O)c1ccc(Cl)s1. The summed E-state index contributed by atoms with van der Waals surface area (Å²) in [5.41, 5.74) is 1.82. The third-order valence-corrected chi connectivity index (χ3v) is 11.5. The minimum atomic E-state index is -4.47. The molecule has 1 N–H and O–H groups in total. The zero-order valence-electron chi connectivity index (χ0n) is 24.9. The zero-order chi connectivity index (χ0) is 33.2. The Labute approximate surface area is 279 Å². The van der Waals surface area contributed by atoms with Crippen LogP contribution in [0.25, 0.3) is 11.3 Å². The van der Waals surface area contributed by atoms with Crippen molar-refractivity contribution in [2.24, 2.45) is 0 Å². The number of amides is 1. The molecular weight excluding hydrogens is 673 g/mol. The average Bonchev–Trinajstić information content (AvgIpc) is 3.75. The molecule has 15 heteroatoms. The number of carbonyl (C=O) groups is 1. The van der Waals surface area contributed by atoms with E-state index in [1.807, 2.05) is 24.3 Å². The molecule has 0 unspecified atom stereocenters. The molecular formula is C32H30ClF3N6O3S2. The lowest BCUT2D eigenvalue weighted by molar-refractivity contribution is -0.137. The lowest BCUT2D eigenvalue weighted by Gasteiger charge is -2.35. The van der Waals surface area contributed by atoms with E-state index in [2.05, 4.69) is 20.1 Å². The molecule has 9 nitrogen and oxygen atoms in total. The number of anilines is 1. The van der Waals surface area contributed by atoms with E-state index < -0.39 is 33.7 Å². The summed E-state index contributed by atoms with van der Waals surface area (Å²) in [6.45, 7) is 3.63. The van der Waals surface area contributed by atoms with E-state index in [1.54, 1.807) is 18.3 Å². The highest BCUT2D eigenvalue weighted by Crippen LogP contribution is 2.33. The molecule has 5 heterocycles. The van der Waals surface area contributed by atoms with Gasteiger partial charge in [-0.2, -0.15) is 17.5 Å². The largest absolute Gasteiger partial charge is 0.416 e. The van der Waals surface area contributed by atoms with Gasteiger partial charge >= 0.3 is 6.18 Å². The Morgan fingerprint density at radius 1 is 1.02 bits per heavy atom. The van der Waals surface area contributed by atoms with Crippen LogP contribution in [0.5, 0.6) is 0 Å². The Balaban J connectivity index is 1.20. The number of carbonyl (C=O) groups excluding carboxylic acids is 1. The molecule has 1 aromatic carbocycles. The van der Waals surface area contributed by atoms with Crippen molar-refractivity contribution in [3.8, 4) is 11.3 Å². The monoisotopic (exact) mass is 702 g/mol. The molecule has 0 saturated carbocycles. The first-order chi connectivity index (χ1) is 22.5. The molecule has 246 valence electrons. The van der Waals surface area contributed by atoms with Crippen molar-refractivity contribution in [2.45, 2.75) is 29.5 Å². The number of halogens is 4. The summed E-state index contributed by atoms with van der Waals surface area (Å²) < 4.78 is 67.7. The van der Waals surface area contributed by atoms with E-state index in [9.17, 15) is 26.4 Å². The van der Waals surface area contributed by atoms with E-state index in [-0.39, 0.29) is 17.3 Å². The van der Waals surface area contributed by atoms with Gasteiger partial charge in [-0.3, -0.25) is 14.7 Å². The molecule has 2 aliphatic rings. The molecule has 1 saturated heterocycles. The number of rotatable bonds is 9. The Hall–Kier alpha value is -3.82. The van der Waals surface area contributed by atoms with Gasteiger partial charge in [-0.25, -0.2) is 13.4 Å². The quantitative estimate of drug-likeness (QED) is 0.232. The minimum absolute atomic E-state index is 0.0414. The number of aromatic nitrogens is 2. The van der Waals surface area contributed by atoms with Crippen LogP contribution in [0.15, 0.2) is 89.3 Å². The molecule has 0 aliphatic carbocycles. The summed E-state index contributed by atoms with van der Waals surface area (Å²) in [5.74, 6) is 0.117. The Morgan fingerprint density at radius 3 is 2.45 bits per heavy atom. The van der Waals surface area contributed by atoms with Gasteiger partial charge in [-0.1, -0.05) is 42.0 Å². The molecule has 6 rings (SSSR count). The zero-order valence-corrected chi connectivity index (χ0v) is 27.3. The summed E-state index contributed by atoms with van der Waals surface area (Å²) in [7, 11) is -3.96. The van der Waals surface area contributed by atoms with Crippen molar-refractivity contribution in [2.75, 3.05) is 37.6 Å². The summed E-state index contributed by atoms with van der Waals surface area (Å²) in [6, 6.07) is 16.0. The summed E-state index contributed by atoms with van der Waals surface area (Å²) in [4.78, 5) is 26.9. The molecule has 3 aromatic heterocycles. The maximum absolute atomic E-state index is 13.3. The Morgan fingerprint density at radius 2 is 1.79 bits per heavy atom. The number of pyridine rings is 2. The predicted octanol–water partition coefficient (Wildman–Crippen LogP) is 5.45. The van der Waals surface area contributed by atoms with Crippen LogP contribution in [-0.4, -0.2) is 72.3 Å². The number of nitrogens with zero attached hydrogens (tertiary/aromatic N) is 5. The molecule has 1 atom stereocenters. The van der Waals surface area contributed by atoms with E-state index >= 15 is 0 Å². The van der Waals surface area contributed by atoms with Crippen LogP contribution in [0, 0.1) is 0 Å². The van der Waals surface area contributed by atoms with Gasteiger partial charge in [0.05, 0.1) is 21.3 Å². The van der Waals surface area contributed by atoms with Gasteiger partial charge in [0.1, 0.15) is 16.1 Å². The molecule has 1 fully saturated rings. The number of thiophene rings is 1. The lowest BCUT2D eigenvalue weighted by Crippen LogP contribution is -2.46. The third kappa shape index (κ3) is 7.68. The maximum Gasteiger partial charge on any atom is 0.416 e. The van der Waals surface area contributed by atoms with Gasteiger partial charge < -0.3 is 10.2 Å². The summed E-state index contributed by atoms with van der Waals surface area (Å²) in [5, 5.41) is 2.84. The minimum Gasteiger partial charge on any atom is -0.354 e. The normalized spacial score (nSPS) is 17.7. The van der Waals surface area contributed by atoms with Crippen molar-refractivity contribution in [3.05, 3.63) is 106 Å². The van der Waals surface area contributed by atoms with Crippen molar-refractivity contribution in [3.63, 3.8) is 0 Å². The van der Waals surface area contributed by atoms with Crippen molar-refractivity contribution in [1.29, 1.82) is 0 Å². The number of nitrogens with one attached hydrogen (secondary N) is 1. The van der Waals surface area contributed by atoms with Gasteiger partial charge in [-0.05, 0) is 54.1 Å². The van der Waals surface area contributed by atoms with Crippen LogP contribution in [0.4, 0.5) is 19.0 Å². The van der Waals surface area contributed by atoms with Crippen molar-refractivity contribution >= 4 is 44.7 Å². The summed E-state index contributed by atoms with van der Waals surface area (Å²) >= 11 is 6.88. The van der Waals surface area contributed by atoms with Gasteiger partial charge in [0.2, 0.25) is 5.91 Å². The average molecular weight is 703 g/mol. The molecule has 47 heavy (non-hydrogen) atoms. The number of hydrogen-bond acceptors (Lipinski definition) is 8. The van der Waals surface area contributed by atoms with Crippen LogP contribution >= 0.6 is 22.9 Å². The molecule has 0 radical (unpaired) electrons. The maximum atomic E-state index is 13.3. The third-order valence-electron chi connectivity index (χ3n) is 7.95. The highest BCUT2D eigenvalue weighted by Gasteiger charge is 2.37. The van der Waals surface area contributed by atoms with Gasteiger partial charge in [-0.15, -0.1) is 11.3 Å². The van der Waals surface area contributed by atoms with E-state index in [1.165, 1.54) is 30.3 Å². The van der Waals surface area contributed by atoms with Crippen LogP contribution < -0.4 is 10.2 Å². The molecule has 4 aromatic rings. The topological polar surface area (TPSA) is 98.7 Å². The van der Waals surface area contributed by atoms with Crippen molar-refractivity contribution in [1.82, 2.24) is 24.5 Å². The highest BCUT2D eigenvalue weighted by molar-refractivity contribution is 7.91. The fraction of sp³-hybridized carbons (Fsp3) is 0.281. The predicted molar refractivity (Wildman–Crippen MR) is 174 cm³/mol. The number of piperazine rings is 1. The second-order valence-corrected chi connectivity index (χ2v) is 14.9. The van der Waals surface area contributed by atoms with Crippen LogP contribution in [0.1, 0.15) is 16.8 Å². The van der Waals surface area contributed by atoms with E-state index in [0.717, 1.165) is 46.6 Å². The standard InChI is InChI=1S/C32H30ClF3N6O3S2/c33-28-10-11-30(46-28)47(44,45)42-13-3-5-27(42)31(43)38-20-22-18-26(23-6-8-24(9-7-23)32(34,35)36)39-29(19-22)41-16-14-40(15-17-41)21-25-4-1-2-12-37-25/h1-12,18-19,27H,13-17,20-21H2,(H,38,43)/t27-/m0/s1. The van der Waals surface area contributed by atoms with Crippen LogP contribution in [0.2, 0.25) is 4.34 Å². The first-order valence-corrected chi connectivity index (χ1v) is 17.4. The van der Waals surface area contributed by atoms with E-state index in [0.29, 0.717) is 46.6 Å². The molecule has 2 aliphatic heterocycles. The molecule has 0 spiro atoms. The van der Waals surface area contributed by atoms with Gasteiger partial charge in [0.25, 0.3) is 10.0 Å². The Kier molecular flexibility index (Phi) is 9.67. The van der Waals surface area contributed by atoms with E-state index in [4.69, 9.17) is 16.6 Å². The Bertz CT molecular complexity index is 1860. The van der Waals surface area contributed by atoms with Gasteiger partial charge in [0.15, 0.2) is 0 Å². The second kappa shape index (κ2) is 13.7. The molecule has 1 amide bonds. The molecule has 0 bridgehead atoms. The fourth-order valence-electron chi connectivity index (χ4n) is 5.48. The number of sulfonamides is 1. The number of hydrogen-bond donors (Lipinski definition) is 1. The first kappa shape index (κ1) is 33.1. The smallest absolute Gasteiger partial charge is 0.354 e. The second-order valence-electron chi connectivity index (χ2n) is 11.1. The number of benzene rings is 1. The first-order valence-electron chi connectivity index (χ1n) is 14.7. The van der Waals surface area contributed by atoms with Crippen LogP contribution in [0.3, 0.4) is 0 Å². The lowest BCUT2D eigenvalue weighted by atomic mass is 10.1. The van der Waals surface area contributed by atoms with Crippen LogP contribution in [-0.2, 0) is 34.1 Å². The van der Waals surface area contributed by atoms with Gasteiger partial charge in [0, 0.05) is 57.6 Å². The number of alkyl halides is 3. The highest BCUT2D eigenvalue weighted by atomic mass is 35.5. The fourth-order valence-corrected chi connectivity index (χ4v) is 8.59. The van der Waals surface area contributed by atoms with Crippen molar-refractivity contribution < 1.29 is 26.4 Å².